The standard InChI is InChI=1S/C24H35N3O7/c1-7-8-9-10-11-33-22-17(27(30)31)12-16(13-18(22)32-6)21-19(23(28)34-15(4)5)20(14(2)3)25-24(29)26-21/h12-15,21H,7-11H2,1-6H3,(H2,25,26,29). The summed E-state index contributed by atoms with van der Waals surface area (Å²) in [6, 6.07) is 1.36. The highest BCUT2D eigenvalue weighted by atomic mass is 16.6. The molecule has 1 atom stereocenters. The minimum Gasteiger partial charge on any atom is -0.493 e. The first kappa shape index (κ1) is 26.9. The molecule has 0 saturated carbocycles. The van der Waals surface area contributed by atoms with Crippen LogP contribution < -0.4 is 20.1 Å². The van der Waals surface area contributed by atoms with Crippen LogP contribution >= 0.6 is 0 Å². The minimum atomic E-state index is -0.969. The molecule has 2 amide bonds. The quantitative estimate of drug-likeness (QED) is 0.192. The van der Waals surface area contributed by atoms with Crippen molar-refractivity contribution in [3.63, 3.8) is 0 Å². The van der Waals surface area contributed by atoms with E-state index in [0.717, 1.165) is 25.7 Å². The number of nitrogens with one attached hydrogen (secondary N) is 2. The highest BCUT2D eigenvalue weighted by Crippen LogP contribution is 2.42. The zero-order chi connectivity index (χ0) is 25.4. The summed E-state index contributed by atoms with van der Waals surface area (Å²) in [7, 11) is 1.39. The summed E-state index contributed by atoms with van der Waals surface area (Å²) in [6.07, 6.45) is 3.44. The summed E-state index contributed by atoms with van der Waals surface area (Å²) < 4.78 is 16.6. The number of carbonyl (C=O) groups is 2. The predicted molar refractivity (Wildman–Crippen MR) is 127 cm³/mol. The Balaban J connectivity index is 2.57. The molecule has 0 aromatic heterocycles. The Morgan fingerprint density at radius 2 is 1.88 bits per heavy atom. The van der Waals surface area contributed by atoms with E-state index in [0.29, 0.717) is 17.9 Å². The summed E-state index contributed by atoms with van der Waals surface area (Å²) in [5.74, 6) is -0.650. The lowest BCUT2D eigenvalue weighted by Crippen LogP contribution is -2.47. The van der Waals surface area contributed by atoms with Gasteiger partial charge in [-0.25, -0.2) is 9.59 Å². The molecule has 34 heavy (non-hydrogen) atoms. The first-order valence-electron chi connectivity index (χ1n) is 11.6. The number of allylic oxidation sites excluding steroid dienone is 1. The van der Waals surface area contributed by atoms with Gasteiger partial charge >= 0.3 is 17.7 Å². The molecule has 2 N–H and O–H groups in total. The topological polar surface area (TPSA) is 129 Å². The Bertz CT molecular complexity index is 941. The number of unbranched alkanes of at least 4 members (excludes halogenated alkanes) is 3. The molecule has 1 aliphatic heterocycles. The van der Waals surface area contributed by atoms with Gasteiger partial charge in [0.25, 0.3) is 0 Å². The number of amides is 2. The third-order valence-electron chi connectivity index (χ3n) is 5.29. The van der Waals surface area contributed by atoms with Gasteiger partial charge in [-0.1, -0.05) is 40.0 Å². The van der Waals surface area contributed by atoms with Crippen LogP contribution in [0.4, 0.5) is 10.5 Å². The molecular formula is C24H35N3O7. The number of methoxy groups -OCH3 is 1. The molecule has 1 unspecified atom stereocenters. The molecular weight excluding hydrogens is 442 g/mol. The Kier molecular flexibility index (Phi) is 9.70. The van der Waals surface area contributed by atoms with E-state index >= 15 is 0 Å². The molecule has 0 fully saturated rings. The van der Waals surface area contributed by atoms with Gasteiger partial charge in [0.05, 0.1) is 36.4 Å². The van der Waals surface area contributed by atoms with Gasteiger partial charge in [-0.3, -0.25) is 10.1 Å². The number of urea groups is 1. The fourth-order valence-corrected chi connectivity index (χ4v) is 3.71. The number of esters is 1. The molecule has 0 radical (unpaired) electrons. The number of nitro benzene ring substituents is 1. The third-order valence-corrected chi connectivity index (χ3v) is 5.29. The number of nitro groups is 1. The van der Waals surface area contributed by atoms with Gasteiger partial charge in [-0.05, 0) is 37.8 Å². The van der Waals surface area contributed by atoms with Crippen LogP contribution in [0.5, 0.6) is 11.5 Å². The molecule has 0 aliphatic carbocycles. The molecule has 0 saturated heterocycles. The molecule has 0 spiro atoms. The average Bonchev–Trinajstić information content (AvgIpc) is 2.77. The van der Waals surface area contributed by atoms with Gasteiger partial charge in [0.1, 0.15) is 0 Å². The van der Waals surface area contributed by atoms with Crippen molar-refractivity contribution in [2.24, 2.45) is 5.92 Å². The second kappa shape index (κ2) is 12.2. The number of hydrogen-bond donors (Lipinski definition) is 2. The molecule has 1 aromatic rings. The van der Waals surface area contributed by atoms with Crippen LogP contribution in [-0.4, -0.2) is 36.7 Å². The van der Waals surface area contributed by atoms with Gasteiger partial charge in [-0.2, -0.15) is 0 Å². The number of nitrogens with zero attached hydrogens (tertiary/aromatic N) is 1. The highest BCUT2D eigenvalue weighted by molar-refractivity contribution is 5.95. The Morgan fingerprint density at radius 1 is 1.18 bits per heavy atom. The van der Waals surface area contributed by atoms with Crippen molar-refractivity contribution < 1.29 is 28.7 Å². The second-order valence-corrected chi connectivity index (χ2v) is 8.71. The maximum atomic E-state index is 13.0. The number of benzene rings is 1. The average molecular weight is 478 g/mol. The number of ether oxygens (including phenoxy) is 3. The van der Waals surface area contributed by atoms with Crippen LogP contribution in [0.2, 0.25) is 0 Å². The van der Waals surface area contributed by atoms with Gasteiger partial charge in [0.2, 0.25) is 5.75 Å². The molecule has 1 aromatic carbocycles. The molecule has 1 aliphatic rings. The van der Waals surface area contributed by atoms with Gasteiger partial charge in [0, 0.05) is 11.8 Å². The van der Waals surface area contributed by atoms with Crippen LogP contribution in [-0.2, 0) is 9.53 Å². The van der Waals surface area contributed by atoms with Crippen molar-refractivity contribution in [2.75, 3.05) is 13.7 Å². The monoisotopic (exact) mass is 477 g/mol. The van der Waals surface area contributed by atoms with E-state index in [9.17, 15) is 19.7 Å². The molecule has 0 bridgehead atoms. The van der Waals surface area contributed by atoms with Gasteiger partial charge in [0.15, 0.2) is 5.75 Å². The maximum Gasteiger partial charge on any atom is 0.338 e. The van der Waals surface area contributed by atoms with Crippen molar-refractivity contribution in [3.8, 4) is 11.5 Å². The second-order valence-electron chi connectivity index (χ2n) is 8.71. The van der Waals surface area contributed by atoms with E-state index in [4.69, 9.17) is 14.2 Å². The number of hydrogen-bond acceptors (Lipinski definition) is 7. The summed E-state index contributed by atoms with van der Waals surface area (Å²) in [5.41, 5.74) is 0.594. The van der Waals surface area contributed by atoms with E-state index in [2.05, 4.69) is 17.6 Å². The van der Waals surface area contributed by atoms with E-state index in [1.54, 1.807) is 19.9 Å². The number of carbonyl (C=O) groups excluding carboxylic acids is 2. The lowest BCUT2D eigenvalue weighted by atomic mass is 9.91. The summed E-state index contributed by atoms with van der Waals surface area (Å²) in [5, 5.41) is 17.3. The lowest BCUT2D eigenvalue weighted by Gasteiger charge is -2.31. The van der Waals surface area contributed by atoms with E-state index < -0.39 is 23.0 Å². The fourth-order valence-electron chi connectivity index (χ4n) is 3.71. The first-order chi connectivity index (χ1) is 16.1. The first-order valence-corrected chi connectivity index (χ1v) is 11.6. The molecule has 10 nitrogen and oxygen atoms in total. The zero-order valence-electron chi connectivity index (χ0n) is 20.7. The van der Waals surface area contributed by atoms with Gasteiger partial charge < -0.3 is 24.8 Å². The van der Waals surface area contributed by atoms with Crippen LogP contribution in [0.1, 0.15) is 71.9 Å². The normalized spacial score (nSPS) is 15.8. The smallest absolute Gasteiger partial charge is 0.338 e. The van der Waals surface area contributed by atoms with Crippen LogP contribution in [0.3, 0.4) is 0 Å². The summed E-state index contributed by atoms with van der Waals surface area (Å²) in [6.45, 7) is 9.51. The van der Waals surface area contributed by atoms with Crippen LogP contribution in [0.25, 0.3) is 0 Å². The van der Waals surface area contributed by atoms with Crippen molar-refractivity contribution >= 4 is 17.7 Å². The maximum absolute atomic E-state index is 13.0. The Hall–Kier alpha value is -3.30. The molecule has 2 rings (SSSR count). The largest absolute Gasteiger partial charge is 0.493 e. The third kappa shape index (κ3) is 6.61. The van der Waals surface area contributed by atoms with Crippen molar-refractivity contribution in [1.82, 2.24) is 10.6 Å². The Labute approximate surface area is 200 Å². The van der Waals surface area contributed by atoms with Crippen molar-refractivity contribution in [3.05, 3.63) is 39.1 Å². The minimum absolute atomic E-state index is 0.0207. The van der Waals surface area contributed by atoms with Crippen LogP contribution in [0, 0.1) is 16.0 Å². The zero-order valence-corrected chi connectivity index (χ0v) is 20.7. The van der Waals surface area contributed by atoms with Gasteiger partial charge in [-0.15, -0.1) is 0 Å². The van der Waals surface area contributed by atoms with E-state index in [1.165, 1.54) is 13.2 Å². The highest BCUT2D eigenvalue weighted by Gasteiger charge is 2.37. The summed E-state index contributed by atoms with van der Waals surface area (Å²) >= 11 is 0. The van der Waals surface area contributed by atoms with E-state index in [1.807, 2.05) is 13.8 Å². The number of rotatable bonds is 12. The fraction of sp³-hybridized carbons (Fsp3) is 0.583. The molecule has 10 heteroatoms. The van der Waals surface area contributed by atoms with Crippen molar-refractivity contribution in [1.29, 1.82) is 0 Å². The molecule has 1 heterocycles. The van der Waals surface area contributed by atoms with Crippen LogP contribution in [0.15, 0.2) is 23.4 Å². The molecule has 188 valence electrons. The summed E-state index contributed by atoms with van der Waals surface area (Å²) in [4.78, 5) is 36.8. The lowest BCUT2D eigenvalue weighted by molar-refractivity contribution is -0.386. The predicted octanol–water partition coefficient (Wildman–Crippen LogP) is 4.78. The van der Waals surface area contributed by atoms with Crippen molar-refractivity contribution in [2.45, 2.75) is 72.4 Å². The van der Waals surface area contributed by atoms with E-state index in [-0.39, 0.29) is 34.8 Å². The Morgan fingerprint density at radius 3 is 2.44 bits per heavy atom. The SMILES string of the molecule is CCCCCCOc1c(OC)cc(C2NC(=O)NC(C(C)C)=C2C(=O)OC(C)C)cc1[N+](=O)[O-].